The number of rotatable bonds is 2. The first-order chi connectivity index (χ1) is 12.5. The summed E-state index contributed by atoms with van der Waals surface area (Å²) in [4.78, 5) is 29.6. The van der Waals surface area contributed by atoms with Gasteiger partial charge in [0.1, 0.15) is 5.82 Å². The van der Waals surface area contributed by atoms with Gasteiger partial charge in [-0.05, 0) is 49.3 Å². The second-order valence-electron chi connectivity index (χ2n) is 7.53. The summed E-state index contributed by atoms with van der Waals surface area (Å²) in [5, 5.41) is 4.97. The van der Waals surface area contributed by atoms with Crippen molar-refractivity contribution >= 4 is 22.5 Å². The Morgan fingerprint density at radius 3 is 2.77 bits per heavy atom. The summed E-state index contributed by atoms with van der Waals surface area (Å²) >= 11 is 0. The molecule has 6 nitrogen and oxygen atoms in total. The number of carbonyl (C=O) groups excluding carboxylic acids is 1. The quantitative estimate of drug-likeness (QED) is 0.844. The van der Waals surface area contributed by atoms with Crippen LogP contribution in [0, 0.1) is 11.8 Å². The predicted molar refractivity (Wildman–Crippen MR) is 101 cm³/mol. The molecule has 1 fully saturated rings. The van der Waals surface area contributed by atoms with Gasteiger partial charge >= 0.3 is 0 Å². The molecule has 2 aromatic rings. The van der Waals surface area contributed by atoms with Gasteiger partial charge in [0.2, 0.25) is 0 Å². The molecular formula is C20H24N4O2. The minimum absolute atomic E-state index is 0.0143. The van der Waals surface area contributed by atoms with Crippen molar-refractivity contribution in [1.82, 2.24) is 15.0 Å². The van der Waals surface area contributed by atoms with Crippen molar-refractivity contribution in [2.75, 3.05) is 0 Å². The van der Waals surface area contributed by atoms with Gasteiger partial charge in [0, 0.05) is 24.2 Å². The van der Waals surface area contributed by atoms with Gasteiger partial charge in [0.15, 0.2) is 0 Å². The van der Waals surface area contributed by atoms with Gasteiger partial charge in [-0.3, -0.25) is 14.2 Å². The molecule has 0 unspecified atom stereocenters. The van der Waals surface area contributed by atoms with E-state index in [4.69, 9.17) is 0 Å². The molecule has 1 saturated carbocycles. The van der Waals surface area contributed by atoms with Crippen LogP contribution < -0.4 is 11.0 Å². The van der Waals surface area contributed by atoms with E-state index in [1.165, 1.54) is 6.42 Å². The lowest BCUT2D eigenvalue weighted by molar-refractivity contribution is 0.0954. The van der Waals surface area contributed by atoms with Crippen molar-refractivity contribution in [3.8, 4) is 0 Å². The Morgan fingerprint density at radius 1 is 1.23 bits per heavy atom. The first-order valence-electron chi connectivity index (χ1n) is 9.46. The van der Waals surface area contributed by atoms with E-state index >= 15 is 0 Å². The van der Waals surface area contributed by atoms with Gasteiger partial charge in [0.25, 0.3) is 11.5 Å². The molecule has 2 aliphatic rings. The molecule has 136 valence electrons. The van der Waals surface area contributed by atoms with Gasteiger partial charge in [-0.25, -0.2) is 10.4 Å². The average molecular weight is 352 g/mol. The van der Waals surface area contributed by atoms with Crippen LogP contribution in [-0.2, 0) is 13.0 Å². The van der Waals surface area contributed by atoms with E-state index in [1.54, 1.807) is 22.8 Å². The summed E-state index contributed by atoms with van der Waals surface area (Å²) in [5.41, 5.74) is 4.82. The van der Waals surface area contributed by atoms with Crippen molar-refractivity contribution in [1.29, 1.82) is 0 Å². The molecule has 4 rings (SSSR count). The number of fused-ring (bicyclic) bond motifs is 2. The van der Waals surface area contributed by atoms with E-state index in [0.29, 0.717) is 28.3 Å². The number of hydrogen-bond acceptors (Lipinski definition) is 4. The minimum atomic E-state index is -0.258. The Hall–Kier alpha value is -2.50. The van der Waals surface area contributed by atoms with Crippen molar-refractivity contribution in [2.24, 2.45) is 16.9 Å². The lowest BCUT2D eigenvalue weighted by Crippen LogP contribution is -2.29. The van der Waals surface area contributed by atoms with Gasteiger partial charge in [-0.1, -0.05) is 20.3 Å². The molecule has 2 atom stereocenters. The monoisotopic (exact) mass is 352 g/mol. The lowest BCUT2D eigenvalue weighted by atomic mass is 9.81. The molecule has 26 heavy (non-hydrogen) atoms. The molecule has 6 heteroatoms. The van der Waals surface area contributed by atoms with Crippen molar-refractivity contribution in [2.45, 2.75) is 52.5 Å². The third-order valence-corrected chi connectivity index (χ3v) is 5.65. The Bertz CT molecular complexity index is 948. The van der Waals surface area contributed by atoms with Crippen molar-refractivity contribution in [3.63, 3.8) is 0 Å². The van der Waals surface area contributed by atoms with Crippen molar-refractivity contribution < 1.29 is 4.79 Å². The molecule has 1 aromatic heterocycles. The lowest BCUT2D eigenvalue weighted by Gasteiger charge is -2.26. The molecule has 0 radical (unpaired) electrons. The molecule has 0 bridgehead atoms. The summed E-state index contributed by atoms with van der Waals surface area (Å²) in [6.07, 6.45) is 5.21. The minimum Gasteiger partial charge on any atom is -0.296 e. The van der Waals surface area contributed by atoms with E-state index < -0.39 is 0 Å². The zero-order valence-electron chi connectivity index (χ0n) is 15.3. The SMILES string of the molecule is C[C@H]1CCC[C@H](C)C1=NNC(=O)c1ccc2c(=O)n3c(nc2c1)CCC3. The number of aryl methyl sites for hydroxylation is 1. The largest absolute Gasteiger partial charge is 0.296 e. The highest BCUT2D eigenvalue weighted by Crippen LogP contribution is 2.26. The maximum Gasteiger partial charge on any atom is 0.271 e. The van der Waals surface area contributed by atoms with Crippen LogP contribution in [0.2, 0.25) is 0 Å². The maximum atomic E-state index is 12.5. The van der Waals surface area contributed by atoms with Gasteiger partial charge in [-0.2, -0.15) is 5.10 Å². The van der Waals surface area contributed by atoms with E-state index in [1.807, 2.05) is 0 Å². The summed E-state index contributed by atoms with van der Waals surface area (Å²) in [7, 11) is 0. The Labute approximate surface area is 152 Å². The van der Waals surface area contributed by atoms with Crippen molar-refractivity contribution in [3.05, 3.63) is 39.9 Å². The van der Waals surface area contributed by atoms with Crippen LogP contribution in [0.5, 0.6) is 0 Å². The van der Waals surface area contributed by atoms with Crippen LogP contribution in [0.3, 0.4) is 0 Å². The zero-order chi connectivity index (χ0) is 18.3. The van der Waals surface area contributed by atoms with Gasteiger partial charge in [-0.15, -0.1) is 0 Å². The summed E-state index contributed by atoms with van der Waals surface area (Å²) in [6, 6.07) is 5.07. The first-order valence-corrected chi connectivity index (χ1v) is 9.46. The number of nitrogens with zero attached hydrogens (tertiary/aromatic N) is 3. The summed E-state index contributed by atoms with van der Waals surface area (Å²) in [5.74, 6) is 1.36. The first kappa shape index (κ1) is 16.9. The number of hydrazone groups is 1. The number of aromatic nitrogens is 2. The van der Waals surface area contributed by atoms with E-state index in [2.05, 4.69) is 29.4 Å². The second-order valence-corrected chi connectivity index (χ2v) is 7.53. The van der Waals surface area contributed by atoms with Gasteiger partial charge < -0.3 is 0 Å². The van der Waals surface area contributed by atoms with Crippen LogP contribution in [0.4, 0.5) is 0 Å². The normalized spacial score (nSPS) is 22.3. The van der Waals surface area contributed by atoms with Crippen LogP contribution in [0.1, 0.15) is 55.7 Å². The predicted octanol–water partition coefficient (Wildman–Crippen LogP) is 2.88. The summed E-state index contributed by atoms with van der Waals surface area (Å²) in [6.45, 7) is 5.05. The van der Waals surface area contributed by atoms with E-state index in [0.717, 1.165) is 43.8 Å². The Balaban J connectivity index is 1.61. The number of benzene rings is 1. The molecule has 1 aliphatic heterocycles. The number of nitrogens with one attached hydrogen (secondary N) is 1. The third kappa shape index (κ3) is 2.93. The molecule has 1 aliphatic carbocycles. The van der Waals surface area contributed by atoms with Crippen LogP contribution in [-0.4, -0.2) is 21.2 Å². The van der Waals surface area contributed by atoms with Crippen LogP contribution >= 0.6 is 0 Å². The highest BCUT2D eigenvalue weighted by atomic mass is 16.2. The summed E-state index contributed by atoms with van der Waals surface area (Å²) < 4.78 is 1.74. The number of amides is 1. The topological polar surface area (TPSA) is 76.3 Å². The van der Waals surface area contributed by atoms with Crippen LogP contribution in [0.15, 0.2) is 28.1 Å². The third-order valence-electron chi connectivity index (χ3n) is 5.65. The molecule has 0 saturated heterocycles. The Morgan fingerprint density at radius 2 is 2.00 bits per heavy atom. The highest BCUT2D eigenvalue weighted by Gasteiger charge is 2.23. The number of hydrogen-bond donors (Lipinski definition) is 1. The average Bonchev–Trinajstić information content (AvgIpc) is 3.09. The Kier molecular flexibility index (Phi) is 4.34. The molecule has 1 N–H and O–H groups in total. The fourth-order valence-electron chi connectivity index (χ4n) is 4.14. The fraction of sp³-hybridized carbons (Fsp3) is 0.500. The molecule has 2 heterocycles. The number of carbonyl (C=O) groups is 1. The van der Waals surface area contributed by atoms with E-state index in [-0.39, 0.29) is 11.5 Å². The molecule has 1 aromatic carbocycles. The molecule has 1 amide bonds. The van der Waals surface area contributed by atoms with E-state index in [9.17, 15) is 9.59 Å². The standard InChI is InChI=1S/C20H24N4O2/c1-12-5-3-6-13(2)18(12)22-23-19(25)14-8-9-15-16(11-14)21-17-7-4-10-24(17)20(15)26/h8-9,11-13H,3-7,10H2,1-2H3,(H,23,25)/t12-,13-/m0/s1. The molecule has 0 spiro atoms. The molecular weight excluding hydrogens is 328 g/mol. The fourth-order valence-corrected chi connectivity index (χ4v) is 4.14. The van der Waals surface area contributed by atoms with Crippen LogP contribution in [0.25, 0.3) is 10.9 Å². The smallest absolute Gasteiger partial charge is 0.271 e. The van der Waals surface area contributed by atoms with Gasteiger partial charge in [0.05, 0.1) is 10.9 Å². The highest BCUT2D eigenvalue weighted by molar-refractivity contribution is 5.99. The maximum absolute atomic E-state index is 12.5. The zero-order valence-corrected chi connectivity index (χ0v) is 15.3. The second kappa shape index (κ2) is 6.67.